The Bertz CT molecular complexity index is 826. The Hall–Kier alpha value is -2.26. The average molecular weight is 369 g/mol. The summed E-state index contributed by atoms with van der Waals surface area (Å²) >= 11 is 0. The van der Waals surface area contributed by atoms with E-state index in [1.165, 1.54) is 14.2 Å². The molecule has 9 heteroatoms. The molecular formula is C16H23N3O5S. The quantitative estimate of drug-likeness (QED) is 0.732. The second kappa shape index (κ2) is 7.75. The van der Waals surface area contributed by atoms with Crippen molar-refractivity contribution in [2.45, 2.75) is 25.2 Å². The lowest BCUT2D eigenvalue weighted by molar-refractivity contribution is 0.345. The normalized spacial score (nSPS) is 11.4. The highest BCUT2D eigenvalue weighted by Crippen LogP contribution is 2.35. The highest BCUT2D eigenvalue weighted by atomic mass is 32.2. The molecule has 0 atom stereocenters. The summed E-state index contributed by atoms with van der Waals surface area (Å²) in [5, 5.41) is 6.60. The number of methoxy groups -OCH3 is 3. The molecule has 2 aromatic rings. The van der Waals surface area contributed by atoms with Gasteiger partial charge in [-0.15, -0.1) is 0 Å². The lowest BCUT2D eigenvalue weighted by atomic mass is 10.1. The number of nitrogens with one attached hydrogen (secondary N) is 2. The van der Waals surface area contributed by atoms with Crippen LogP contribution in [0.3, 0.4) is 0 Å². The molecule has 1 aromatic carbocycles. The smallest absolute Gasteiger partial charge is 0.244 e. The van der Waals surface area contributed by atoms with E-state index in [1.54, 1.807) is 33.1 Å². The largest absolute Gasteiger partial charge is 0.497 e. The SMILES string of the molecule is COc1cc(CCNS(=O)(=O)c2c(C)n[nH]c2C)c(OC)c(OC)c1. The highest BCUT2D eigenvalue weighted by Gasteiger charge is 2.22. The molecule has 25 heavy (non-hydrogen) atoms. The van der Waals surface area contributed by atoms with E-state index in [0.717, 1.165) is 5.56 Å². The summed E-state index contributed by atoms with van der Waals surface area (Å²) in [6.45, 7) is 3.51. The van der Waals surface area contributed by atoms with Crippen molar-refractivity contribution in [3.8, 4) is 17.2 Å². The number of aryl methyl sites for hydroxylation is 2. The minimum atomic E-state index is -3.65. The van der Waals surface area contributed by atoms with Gasteiger partial charge in [-0.05, 0) is 26.3 Å². The van der Waals surface area contributed by atoms with Gasteiger partial charge in [0.05, 0.1) is 32.7 Å². The van der Waals surface area contributed by atoms with Crippen molar-refractivity contribution in [3.63, 3.8) is 0 Å². The van der Waals surface area contributed by atoms with Crippen LogP contribution in [0.1, 0.15) is 17.0 Å². The molecule has 0 bridgehead atoms. The first-order valence-corrected chi connectivity index (χ1v) is 9.12. The third kappa shape index (κ3) is 4.05. The molecule has 0 amide bonds. The van der Waals surface area contributed by atoms with Gasteiger partial charge in [0, 0.05) is 18.2 Å². The van der Waals surface area contributed by atoms with Crippen LogP contribution >= 0.6 is 0 Å². The van der Waals surface area contributed by atoms with E-state index < -0.39 is 10.0 Å². The van der Waals surface area contributed by atoms with Gasteiger partial charge in [0.15, 0.2) is 11.5 Å². The molecule has 0 fully saturated rings. The minimum Gasteiger partial charge on any atom is -0.497 e. The topological polar surface area (TPSA) is 103 Å². The fraction of sp³-hybridized carbons (Fsp3) is 0.438. The molecule has 138 valence electrons. The monoisotopic (exact) mass is 369 g/mol. The fourth-order valence-electron chi connectivity index (χ4n) is 2.65. The third-order valence-electron chi connectivity index (χ3n) is 3.78. The molecule has 0 aliphatic rings. The van der Waals surface area contributed by atoms with Gasteiger partial charge in [-0.2, -0.15) is 5.10 Å². The minimum absolute atomic E-state index is 0.183. The van der Waals surface area contributed by atoms with Crippen LogP contribution in [-0.4, -0.2) is 46.5 Å². The van der Waals surface area contributed by atoms with E-state index in [4.69, 9.17) is 14.2 Å². The first-order chi connectivity index (χ1) is 11.8. The number of H-pyrrole nitrogens is 1. The van der Waals surface area contributed by atoms with Gasteiger partial charge >= 0.3 is 0 Å². The van der Waals surface area contributed by atoms with Crippen LogP contribution in [-0.2, 0) is 16.4 Å². The standard InChI is InChI=1S/C16H23N3O5S/c1-10-16(11(2)19-18-10)25(20,21)17-7-6-12-8-13(22-3)9-14(23-4)15(12)24-5/h8-9,17H,6-7H2,1-5H3,(H,18,19). The Morgan fingerprint density at radius 3 is 2.36 bits per heavy atom. The Kier molecular flexibility index (Phi) is 5.91. The van der Waals surface area contributed by atoms with Gasteiger partial charge in [0.1, 0.15) is 10.6 Å². The molecule has 0 unspecified atom stereocenters. The Morgan fingerprint density at radius 2 is 1.84 bits per heavy atom. The number of rotatable bonds is 8. The van der Waals surface area contributed by atoms with E-state index in [0.29, 0.717) is 35.1 Å². The van der Waals surface area contributed by atoms with Gasteiger partial charge in [-0.25, -0.2) is 13.1 Å². The number of nitrogens with zero attached hydrogens (tertiary/aromatic N) is 1. The predicted molar refractivity (Wildman–Crippen MR) is 93.1 cm³/mol. The number of hydrogen-bond donors (Lipinski definition) is 2. The zero-order valence-electron chi connectivity index (χ0n) is 15.0. The second-order valence-corrected chi connectivity index (χ2v) is 7.14. The van der Waals surface area contributed by atoms with Crippen LogP contribution in [0.2, 0.25) is 0 Å². The molecule has 0 saturated carbocycles. The molecule has 0 radical (unpaired) electrons. The zero-order valence-corrected chi connectivity index (χ0v) is 15.8. The molecule has 2 rings (SSSR count). The molecule has 8 nitrogen and oxygen atoms in total. The molecule has 2 N–H and O–H groups in total. The number of sulfonamides is 1. The van der Waals surface area contributed by atoms with Gasteiger partial charge in [-0.3, -0.25) is 5.10 Å². The van der Waals surface area contributed by atoms with Crippen LogP contribution in [0, 0.1) is 13.8 Å². The second-order valence-electron chi connectivity index (χ2n) is 5.43. The number of benzene rings is 1. The number of aromatic nitrogens is 2. The summed E-state index contributed by atoms with van der Waals surface area (Å²) < 4.78 is 43.5. The maximum atomic E-state index is 12.5. The summed E-state index contributed by atoms with van der Waals surface area (Å²) in [5.41, 5.74) is 1.72. The molecule has 0 aliphatic carbocycles. The summed E-state index contributed by atoms with van der Waals surface area (Å²) in [6.07, 6.45) is 0.409. The number of hydrogen-bond acceptors (Lipinski definition) is 6. The fourth-order valence-corrected chi connectivity index (χ4v) is 4.05. The molecule has 0 saturated heterocycles. The lowest BCUT2D eigenvalue weighted by Gasteiger charge is -2.15. The van der Waals surface area contributed by atoms with Crippen molar-refractivity contribution >= 4 is 10.0 Å². The van der Waals surface area contributed by atoms with Gasteiger partial charge in [0.25, 0.3) is 0 Å². The van der Waals surface area contributed by atoms with Crippen LogP contribution in [0.15, 0.2) is 17.0 Å². The van der Waals surface area contributed by atoms with Crippen molar-refractivity contribution in [2.24, 2.45) is 0 Å². The van der Waals surface area contributed by atoms with Gasteiger partial charge in [0.2, 0.25) is 10.0 Å². The van der Waals surface area contributed by atoms with Crippen LogP contribution in [0.5, 0.6) is 17.2 Å². The molecule has 1 aromatic heterocycles. The number of aromatic amines is 1. The van der Waals surface area contributed by atoms with Gasteiger partial charge < -0.3 is 14.2 Å². The summed E-state index contributed by atoms with van der Waals surface area (Å²) in [6, 6.07) is 3.51. The maximum absolute atomic E-state index is 12.5. The van der Waals surface area contributed by atoms with E-state index in [1.807, 2.05) is 0 Å². The van der Waals surface area contributed by atoms with Crippen LogP contribution in [0.4, 0.5) is 0 Å². The van der Waals surface area contributed by atoms with Crippen molar-refractivity contribution in [1.29, 1.82) is 0 Å². The summed E-state index contributed by atoms with van der Waals surface area (Å²) in [7, 11) is 0.981. The van der Waals surface area contributed by atoms with Gasteiger partial charge in [-0.1, -0.05) is 0 Å². The molecule has 0 aliphatic heterocycles. The summed E-state index contributed by atoms with van der Waals surface area (Å²) in [4.78, 5) is 0.183. The Labute approximate surface area is 147 Å². The lowest BCUT2D eigenvalue weighted by Crippen LogP contribution is -2.27. The van der Waals surface area contributed by atoms with Crippen molar-refractivity contribution in [3.05, 3.63) is 29.1 Å². The third-order valence-corrected chi connectivity index (χ3v) is 5.50. The molecule has 0 spiro atoms. The predicted octanol–water partition coefficient (Wildman–Crippen LogP) is 1.57. The first kappa shape index (κ1) is 19.1. The average Bonchev–Trinajstić information content (AvgIpc) is 2.93. The number of ether oxygens (including phenoxy) is 3. The van der Waals surface area contributed by atoms with Crippen molar-refractivity contribution in [2.75, 3.05) is 27.9 Å². The van der Waals surface area contributed by atoms with Crippen molar-refractivity contribution < 1.29 is 22.6 Å². The highest BCUT2D eigenvalue weighted by molar-refractivity contribution is 7.89. The van der Waals surface area contributed by atoms with E-state index in [9.17, 15) is 8.42 Å². The summed E-state index contributed by atoms with van der Waals surface area (Å²) in [5.74, 6) is 1.69. The van der Waals surface area contributed by atoms with Crippen LogP contribution < -0.4 is 18.9 Å². The molecule has 1 heterocycles. The van der Waals surface area contributed by atoms with E-state index >= 15 is 0 Å². The Morgan fingerprint density at radius 1 is 1.12 bits per heavy atom. The van der Waals surface area contributed by atoms with Crippen molar-refractivity contribution in [1.82, 2.24) is 14.9 Å². The van der Waals surface area contributed by atoms with E-state index in [2.05, 4.69) is 14.9 Å². The first-order valence-electron chi connectivity index (χ1n) is 7.64. The maximum Gasteiger partial charge on any atom is 0.244 e. The zero-order chi connectivity index (χ0) is 18.6. The molecular weight excluding hydrogens is 346 g/mol. The van der Waals surface area contributed by atoms with E-state index in [-0.39, 0.29) is 11.4 Å². The van der Waals surface area contributed by atoms with Crippen LogP contribution in [0.25, 0.3) is 0 Å². The Balaban J connectivity index is 2.19.